The highest BCUT2D eigenvalue weighted by Gasteiger charge is 2.10. The number of anilines is 1. The van der Waals surface area contributed by atoms with Gasteiger partial charge in [0.2, 0.25) is 0 Å². The van der Waals surface area contributed by atoms with Gasteiger partial charge in [-0.25, -0.2) is 0 Å². The van der Waals surface area contributed by atoms with Crippen LogP contribution < -0.4 is 10.9 Å². The Bertz CT molecular complexity index is 1030. The summed E-state index contributed by atoms with van der Waals surface area (Å²) in [6, 6.07) is 15.5. The van der Waals surface area contributed by atoms with E-state index in [1.165, 1.54) is 22.9 Å². The number of pyridine rings is 1. The van der Waals surface area contributed by atoms with E-state index in [9.17, 15) is 9.59 Å². The monoisotopic (exact) mass is 386 g/mol. The van der Waals surface area contributed by atoms with Crippen molar-refractivity contribution in [3.63, 3.8) is 0 Å². The topological polar surface area (TPSA) is 51.1 Å². The van der Waals surface area contributed by atoms with Gasteiger partial charge in [0.05, 0.1) is 12.1 Å². The lowest BCUT2D eigenvalue weighted by atomic mass is 10.2. The number of nitrogens with one attached hydrogen (secondary N) is 1. The summed E-state index contributed by atoms with van der Waals surface area (Å²) < 4.78 is 1.44. The average Bonchev–Trinajstić information content (AvgIpc) is 2.59. The van der Waals surface area contributed by atoms with Crippen LogP contribution in [0.5, 0.6) is 0 Å². The Morgan fingerprint density at radius 3 is 2.62 bits per heavy atom. The third kappa shape index (κ3) is 4.34. The number of hydrogen-bond acceptors (Lipinski definition) is 2. The van der Waals surface area contributed by atoms with Gasteiger partial charge in [-0.05, 0) is 48.4 Å². The second kappa shape index (κ2) is 7.77. The highest BCUT2D eigenvalue weighted by Crippen LogP contribution is 2.21. The van der Waals surface area contributed by atoms with Crippen LogP contribution in [0.25, 0.3) is 0 Å². The maximum atomic E-state index is 12.5. The van der Waals surface area contributed by atoms with Crippen LogP contribution in [0.2, 0.25) is 10.0 Å². The van der Waals surface area contributed by atoms with Gasteiger partial charge in [0.1, 0.15) is 0 Å². The molecule has 1 heterocycles. The Labute approximate surface area is 161 Å². The fourth-order valence-corrected chi connectivity index (χ4v) is 3.02. The van der Waals surface area contributed by atoms with Crippen molar-refractivity contribution < 1.29 is 4.79 Å². The smallest absolute Gasteiger partial charge is 0.257 e. The minimum absolute atomic E-state index is 0.219. The van der Waals surface area contributed by atoms with Gasteiger partial charge in [0, 0.05) is 28.0 Å². The van der Waals surface area contributed by atoms with Gasteiger partial charge in [0.15, 0.2) is 0 Å². The van der Waals surface area contributed by atoms with Crippen molar-refractivity contribution in [3.8, 4) is 0 Å². The largest absolute Gasteiger partial charge is 0.322 e. The Morgan fingerprint density at radius 2 is 1.88 bits per heavy atom. The summed E-state index contributed by atoms with van der Waals surface area (Å²) in [7, 11) is 0. The number of carbonyl (C=O) groups is 1. The highest BCUT2D eigenvalue weighted by molar-refractivity contribution is 6.35. The molecule has 4 nitrogen and oxygen atoms in total. The van der Waals surface area contributed by atoms with E-state index < -0.39 is 0 Å². The van der Waals surface area contributed by atoms with Crippen LogP contribution in [0.1, 0.15) is 21.5 Å². The van der Waals surface area contributed by atoms with Crippen molar-refractivity contribution in [2.24, 2.45) is 0 Å². The molecule has 0 aliphatic heterocycles. The zero-order chi connectivity index (χ0) is 18.7. The SMILES string of the molecule is Cc1cccc(NC(=O)c2ccc(=O)n(Cc3ccc(Cl)cc3Cl)c2)c1. The van der Waals surface area contributed by atoms with Crippen molar-refractivity contribution >= 4 is 34.8 Å². The first-order valence-corrected chi connectivity index (χ1v) is 8.70. The summed E-state index contributed by atoms with van der Waals surface area (Å²) in [5.41, 5.74) is 2.66. The molecule has 3 rings (SSSR count). The van der Waals surface area contributed by atoms with Crippen LogP contribution in [0.15, 0.2) is 65.6 Å². The van der Waals surface area contributed by atoms with Gasteiger partial charge in [-0.15, -0.1) is 0 Å². The molecular formula is C20H16Cl2N2O2. The lowest BCUT2D eigenvalue weighted by Gasteiger charge is -2.11. The molecule has 0 bridgehead atoms. The molecule has 0 fully saturated rings. The summed E-state index contributed by atoms with van der Waals surface area (Å²) in [5, 5.41) is 3.83. The van der Waals surface area contributed by atoms with E-state index in [2.05, 4.69) is 5.32 Å². The van der Waals surface area contributed by atoms with Crippen LogP contribution in [0.3, 0.4) is 0 Å². The Balaban J connectivity index is 1.85. The van der Waals surface area contributed by atoms with Gasteiger partial charge in [-0.2, -0.15) is 0 Å². The number of aryl methyl sites for hydroxylation is 1. The number of aromatic nitrogens is 1. The summed E-state index contributed by atoms with van der Waals surface area (Å²) in [6.07, 6.45) is 1.53. The Kier molecular flexibility index (Phi) is 5.45. The number of rotatable bonds is 4. The van der Waals surface area contributed by atoms with Crippen molar-refractivity contribution in [1.29, 1.82) is 0 Å². The third-order valence-corrected chi connectivity index (χ3v) is 4.46. The number of benzene rings is 2. The minimum atomic E-state index is -0.286. The number of amides is 1. The standard InChI is InChI=1S/C20H16Cl2N2O2/c1-13-3-2-4-17(9-13)23-20(26)15-6-8-19(25)24(12-15)11-14-5-7-16(21)10-18(14)22/h2-10,12H,11H2,1H3,(H,23,26). The minimum Gasteiger partial charge on any atom is -0.322 e. The first-order chi connectivity index (χ1) is 12.4. The Hall–Kier alpha value is -2.56. The zero-order valence-electron chi connectivity index (χ0n) is 14.0. The van der Waals surface area contributed by atoms with Crippen LogP contribution >= 0.6 is 23.2 Å². The van der Waals surface area contributed by atoms with Crippen molar-refractivity contribution in [1.82, 2.24) is 4.57 Å². The first-order valence-electron chi connectivity index (χ1n) is 7.95. The molecule has 6 heteroatoms. The van der Waals surface area contributed by atoms with E-state index in [1.54, 1.807) is 18.2 Å². The highest BCUT2D eigenvalue weighted by atomic mass is 35.5. The van der Waals surface area contributed by atoms with Crippen molar-refractivity contribution in [2.45, 2.75) is 13.5 Å². The van der Waals surface area contributed by atoms with Crippen LogP contribution in [-0.4, -0.2) is 10.5 Å². The second-order valence-corrected chi connectivity index (χ2v) is 6.79. The predicted octanol–water partition coefficient (Wildman–Crippen LogP) is 4.76. The molecule has 0 spiro atoms. The fourth-order valence-electron chi connectivity index (χ4n) is 2.55. The second-order valence-electron chi connectivity index (χ2n) is 5.94. The number of halogens is 2. The van der Waals surface area contributed by atoms with Gasteiger partial charge < -0.3 is 9.88 Å². The summed E-state index contributed by atoms with van der Waals surface area (Å²) in [4.78, 5) is 24.6. The summed E-state index contributed by atoms with van der Waals surface area (Å²) in [5.74, 6) is -0.286. The molecular weight excluding hydrogens is 371 g/mol. The molecule has 0 aliphatic rings. The van der Waals surface area contributed by atoms with Crippen molar-refractivity contribution in [2.75, 3.05) is 5.32 Å². The first kappa shape index (κ1) is 18.2. The predicted molar refractivity (Wildman–Crippen MR) is 105 cm³/mol. The lowest BCUT2D eigenvalue weighted by molar-refractivity contribution is 0.102. The molecule has 3 aromatic rings. The van der Waals surface area contributed by atoms with Crippen LogP contribution in [0.4, 0.5) is 5.69 Å². The molecule has 0 aliphatic carbocycles. The van der Waals surface area contributed by atoms with E-state index in [1.807, 2.05) is 31.2 Å². The van der Waals surface area contributed by atoms with Gasteiger partial charge >= 0.3 is 0 Å². The van der Waals surface area contributed by atoms with E-state index in [0.29, 0.717) is 21.3 Å². The zero-order valence-corrected chi connectivity index (χ0v) is 15.5. The molecule has 1 N–H and O–H groups in total. The van der Waals surface area contributed by atoms with E-state index in [0.717, 1.165) is 11.1 Å². The summed E-state index contributed by atoms with van der Waals surface area (Å²) >= 11 is 12.1. The number of hydrogen-bond donors (Lipinski definition) is 1. The number of carbonyl (C=O) groups excluding carboxylic acids is 1. The number of nitrogens with zero attached hydrogens (tertiary/aromatic N) is 1. The van der Waals surface area contributed by atoms with Crippen molar-refractivity contribution in [3.05, 3.63) is 97.9 Å². The molecule has 0 radical (unpaired) electrons. The Morgan fingerprint density at radius 1 is 1.08 bits per heavy atom. The van der Waals surface area contributed by atoms with Gasteiger partial charge in [-0.1, -0.05) is 41.4 Å². The third-order valence-electron chi connectivity index (χ3n) is 3.88. The molecule has 1 aromatic heterocycles. The molecule has 1 amide bonds. The van der Waals surface area contributed by atoms with Gasteiger partial charge in [-0.3, -0.25) is 9.59 Å². The lowest BCUT2D eigenvalue weighted by Crippen LogP contribution is -2.22. The van der Waals surface area contributed by atoms with E-state index >= 15 is 0 Å². The maximum absolute atomic E-state index is 12.5. The van der Waals surface area contributed by atoms with Crippen LogP contribution in [0, 0.1) is 6.92 Å². The summed E-state index contributed by atoms with van der Waals surface area (Å²) in [6.45, 7) is 2.20. The normalized spacial score (nSPS) is 10.6. The molecule has 132 valence electrons. The molecule has 0 atom stereocenters. The molecule has 0 saturated carbocycles. The average molecular weight is 387 g/mol. The van der Waals surface area contributed by atoms with Crippen LogP contribution in [-0.2, 0) is 6.54 Å². The maximum Gasteiger partial charge on any atom is 0.257 e. The van der Waals surface area contributed by atoms with E-state index in [4.69, 9.17) is 23.2 Å². The molecule has 0 saturated heterocycles. The van der Waals surface area contributed by atoms with Gasteiger partial charge in [0.25, 0.3) is 11.5 Å². The van der Waals surface area contributed by atoms with E-state index in [-0.39, 0.29) is 18.0 Å². The molecule has 2 aromatic carbocycles. The fraction of sp³-hybridized carbons (Fsp3) is 0.100. The molecule has 26 heavy (non-hydrogen) atoms. The quantitative estimate of drug-likeness (QED) is 0.702. The molecule has 0 unspecified atom stereocenters.